The quantitative estimate of drug-likeness (QED) is 0.350. The van der Waals surface area contributed by atoms with Gasteiger partial charge in [0.15, 0.2) is 5.75 Å². The van der Waals surface area contributed by atoms with Crippen LogP contribution in [0.4, 0.5) is 0 Å². The Bertz CT molecular complexity index is 552. The summed E-state index contributed by atoms with van der Waals surface area (Å²) < 4.78 is 0. The summed E-state index contributed by atoms with van der Waals surface area (Å²) in [6.07, 6.45) is 7.48. The van der Waals surface area contributed by atoms with E-state index in [0.717, 1.165) is 49.0 Å². The SMILES string of the molecule is CCCCCC(=O)N(OC)Oc1ccnc(ON(OC)C(=O)CCCCC)c1. The third-order valence-corrected chi connectivity index (χ3v) is 3.80. The molecule has 9 nitrogen and oxygen atoms in total. The summed E-state index contributed by atoms with van der Waals surface area (Å²) in [5, 5.41) is 1.60. The van der Waals surface area contributed by atoms with Crippen molar-refractivity contribution in [3.05, 3.63) is 18.3 Å². The van der Waals surface area contributed by atoms with E-state index in [1.165, 1.54) is 26.5 Å². The zero-order chi connectivity index (χ0) is 20.8. The molecule has 1 rings (SSSR count). The fourth-order valence-electron chi connectivity index (χ4n) is 2.29. The molecule has 0 radical (unpaired) electrons. The van der Waals surface area contributed by atoms with Gasteiger partial charge in [-0.25, -0.2) is 14.7 Å². The van der Waals surface area contributed by atoms with Crippen LogP contribution in [0.1, 0.15) is 65.2 Å². The maximum atomic E-state index is 12.1. The van der Waals surface area contributed by atoms with Crippen molar-refractivity contribution in [2.24, 2.45) is 0 Å². The average molecular weight is 397 g/mol. The standard InChI is InChI=1S/C19H31N3O6/c1-5-7-9-11-18(23)21(25-3)27-16-13-14-20-17(15-16)28-22(26-4)19(24)12-10-8-6-2/h13-15H,5-12H2,1-4H3. The van der Waals surface area contributed by atoms with Crippen molar-refractivity contribution < 1.29 is 28.9 Å². The van der Waals surface area contributed by atoms with Gasteiger partial charge in [0.25, 0.3) is 17.7 Å². The Balaban J connectivity index is 2.68. The summed E-state index contributed by atoms with van der Waals surface area (Å²) in [7, 11) is 2.68. The van der Waals surface area contributed by atoms with Crippen LogP contribution in [0.3, 0.4) is 0 Å². The van der Waals surface area contributed by atoms with Crippen LogP contribution in [0.5, 0.6) is 11.6 Å². The Hall–Kier alpha value is -2.39. The lowest BCUT2D eigenvalue weighted by molar-refractivity contribution is -0.285. The summed E-state index contributed by atoms with van der Waals surface area (Å²) >= 11 is 0. The molecule has 0 saturated heterocycles. The van der Waals surface area contributed by atoms with Crippen molar-refractivity contribution in [2.45, 2.75) is 65.2 Å². The molecule has 1 aromatic rings. The first-order valence-electron chi connectivity index (χ1n) is 9.61. The Morgan fingerprint density at radius 1 is 0.893 bits per heavy atom. The third-order valence-electron chi connectivity index (χ3n) is 3.80. The number of hydrogen-bond acceptors (Lipinski definition) is 7. The smallest absolute Gasteiger partial charge is 0.285 e. The van der Waals surface area contributed by atoms with Gasteiger partial charge in [0.05, 0.1) is 14.2 Å². The summed E-state index contributed by atoms with van der Waals surface area (Å²) in [5.41, 5.74) is 0. The number of carbonyl (C=O) groups excluding carboxylic acids is 2. The minimum Gasteiger partial charge on any atom is -0.351 e. The molecule has 0 aliphatic heterocycles. The van der Waals surface area contributed by atoms with E-state index in [1.807, 2.05) is 0 Å². The monoisotopic (exact) mass is 397 g/mol. The van der Waals surface area contributed by atoms with Crippen molar-refractivity contribution in [1.29, 1.82) is 0 Å². The molecule has 0 saturated carbocycles. The van der Waals surface area contributed by atoms with E-state index < -0.39 is 0 Å². The highest BCUT2D eigenvalue weighted by molar-refractivity contribution is 5.74. The molecule has 158 valence electrons. The first kappa shape index (κ1) is 23.6. The normalized spacial score (nSPS) is 10.4. The van der Waals surface area contributed by atoms with Gasteiger partial charge in [0.1, 0.15) is 0 Å². The molecule has 0 aliphatic carbocycles. The van der Waals surface area contributed by atoms with Crippen LogP contribution in [0.2, 0.25) is 0 Å². The van der Waals surface area contributed by atoms with E-state index >= 15 is 0 Å². The second-order valence-corrected chi connectivity index (χ2v) is 6.09. The topological polar surface area (TPSA) is 90.4 Å². The predicted molar refractivity (Wildman–Crippen MR) is 101 cm³/mol. The minimum absolute atomic E-state index is 0.0812. The first-order chi connectivity index (χ1) is 13.5. The minimum atomic E-state index is -0.311. The van der Waals surface area contributed by atoms with Gasteiger partial charge in [0.2, 0.25) is 0 Å². The highest BCUT2D eigenvalue weighted by atomic mass is 17.0. The van der Waals surface area contributed by atoms with Gasteiger partial charge < -0.3 is 9.68 Å². The summed E-state index contributed by atoms with van der Waals surface area (Å²) in [5.74, 6) is -0.253. The summed E-state index contributed by atoms with van der Waals surface area (Å²) in [6, 6.07) is 2.97. The molecule has 2 amide bonds. The molecule has 0 unspecified atom stereocenters. The van der Waals surface area contributed by atoms with E-state index in [4.69, 9.17) is 19.4 Å². The van der Waals surface area contributed by atoms with Crippen LogP contribution in [0.15, 0.2) is 18.3 Å². The van der Waals surface area contributed by atoms with Gasteiger partial charge in [-0.3, -0.25) is 9.59 Å². The van der Waals surface area contributed by atoms with E-state index in [1.54, 1.807) is 6.07 Å². The molecule has 0 aliphatic rings. The van der Waals surface area contributed by atoms with Crippen LogP contribution in [-0.2, 0) is 19.3 Å². The third kappa shape index (κ3) is 8.53. The Labute approximate surface area is 166 Å². The van der Waals surface area contributed by atoms with E-state index in [2.05, 4.69) is 18.8 Å². The lowest BCUT2D eigenvalue weighted by Crippen LogP contribution is -2.34. The first-order valence-corrected chi connectivity index (χ1v) is 9.61. The average Bonchev–Trinajstić information content (AvgIpc) is 2.70. The number of amides is 2. The van der Waals surface area contributed by atoms with Crippen LogP contribution in [0, 0.1) is 0 Å². The summed E-state index contributed by atoms with van der Waals surface area (Å²) in [4.78, 5) is 49.1. The highest BCUT2D eigenvalue weighted by Gasteiger charge is 2.18. The molecule has 1 aromatic heterocycles. The fourth-order valence-corrected chi connectivity index (χ4v) is 2.29. The molecule has 0 N–H and O–H groups in total. The van der Waals surface area contributed by atoms with Gasteiger partial charge in [0, 0.05) is 31.2 Å². The van der Waals surface area contributed by atoms with Crippen molar-refractivity contribution in [1.82, 2.24) is 15.4 Å². The summed E-state index contributed by atoms with van der Waals surface area (Å²) in [6.45, 7) is 4.12. The molecule has 1 heterocycles. The van der Waals surface area contributed by atoms with E-state index in [-0.39, 0.29) is 23.4 Å². The number of carbonyl (C=O) groups is 2. The highest BCUT2D eigenvalue weighted by Crippen LogP contribution is 2.19. The molecular formula is C19H31N3O6. The molecular weight excluding hydrogens is 366 g/mol. The van der Waals surface area contributed by atoms with Crippen molar-refractivity contribution in [2.75, 3.05) is 14.2 Å². The zero-order valence-electron chi connectivity index (χ0n) is 17.2. The van der Waals surface area contributed by atoms with E-state index in [9.17, 15) is 9.59 Å². The predicted octanol–water partition coefficient (Wildman–Crippen LogP) is 3.61. The lowest BCUT2D eigenvalue weighted by Gasteiger charge is -2.20. The number of hydrogen-bond donors (Lipinski definition) is 0. The second kappa shape index (κ2) is 13.7. The van der Waals surface area contributed by atoms with Gasteiger partial charge in [-0.05, 0) is 23.3 Å². The molecule has 0 bridgehead atoms. The largest absolute Gasteiger partial charge is 0.351 e. The molecule has 0 aromatic carbocycles. The maximum absolute atomic E-state index is 12.1. The van der Waals surface area contributed by atoms with Crippen molar-refractivity contribution in [3.63, 3.8) is 0 Å². The number of rotatable bonds is 14. The molecule has 0 fully saturated rings. The number of hydroxylamine groups is 4. The molecule has 28 heavy (non-hydrogen) atoms. The fraction of sp³-hybridized carbons (Fsp3) is 0.632. The number of nitrogens with zero attached hydrogens (tertiary/aromatic N) is 3. The number of aromatic nitrogens is 1. The molecule has 9 heteroatoms. The second-order valence-electron chi connectivity index (χ2n) is 6.09. The van der Waals surface area contributed by atoms with Crippen LogP contribution >= 0.6 is 0 Å². The van der Waals surface area contributed by atoms with Gasteiger partial charge in [-0.2, -0.15) is 0 Å². The van der Waals surface area contributed by atoms with Crippen LogP contribution < -0.4 is 9.68 Å². The van der Waals surface area contributed by atoms with Gasteiger partial charge in [-0.15, -0.1) is 0 Å². The van der Waals surface area contributed by atoms with Crippen LogP contribution in [-0.4, -0.2) is 41.5 Å². The van der Waals surface area contributed by atoms with E-state index in [0.29, 0.717) is 12.8 Å². The zero-order valence-corrected chi connectivity index (χ0v) is 17.2. The Morgan fingerprint density at radius 3 is 1.93 bits per heavy atom. The maximum Gasteiger partial charge on any atom is 0.285 e. The number of unbranched alkanes of at least 4 members (excludes halogenated alkanes) is 4. The van der Waals surface area contributed by atoms with Gasteiger partial charge in [-0.1, -0.05) is 39.5 Å². The van der Waals surface area contributed by atoms with Crippen LogP contribution in [0.25, 0.3) is 0 Å². The van der Waals surface area contributed by atoms with Crippen molar-refractivity contribution in [3.8, 4) is 11.6 Å². The molecule has 0 atom stereocenters. The Kier molecular flexibility index (Phi) is 11.6. The van der Waals surface area contributed by atoms with Crippen molar-refractivity contribution >= 4 is 11.8 Å². The molecule has 0 spiro atoms. The Morgan fingerprint density at radius 2 is 1.43 bits per heavy atom. The van der Waals surface area contributed by atoms with Gasteiger partial charge >= 0.3 is 0 Å². The number of pyridine rings is 1. The lowest BCUT2D eigenvalue weighted by atomic mass is 10.2.